The molecule has 8 N–H and O–H groups in total. The summed E-state index contributed by atoms with van der Waals surface area (Å²) in [5, 5.41) is 51.8. The van der Waals surface area contributed by atoms with Gasteiger partial charge in [-0.3, -0.25) is 30.1 Å². The van der Waals surface area contributed by atoms with E-state index in [0.29, 0.717) is 5.56 Å². The lowest BCUT2D eigenvalue weighted by molar-refractivity contribution is -0.232. The van der Waals surface area contributed by atoms with Crippen LogP contribution in [0.3, 0.4) is 0 Å². The first-order valence-electron chi connectivity index (χ1n) is 13.3. The van der Waals surface area contributed by atoms with Gasteiger partial charge in [-0.15, -0.1) is 0 Å². The number of nitrogens with zero attached hydrogens (tertiary/aromatic N) is 2. The molecule has 4 fully saturated rings. The van der Waals surface area contributed by atoms with Gasteiger partial charge in [-0.2, -0.15) is 0 Å². The molecule has 13 heteroatoms. The van der Waals surface area contributed by atoms with Gasteiger partial charge in [-0.25, -0.2) is 0 Å². The number of carbonyl (C=O) groups excluding carboxylic acids is 3. The van der Waals surface area contributed by atoms with Crippen LogP contribution < -0.4 is 21.3 Å². The van der Waals surface area contributed by atoms with Gasteiger partial charge in [0.1, 0.15) is 6.04 Å². The lowest BCUT2D eigenvalue weighted by Crippen LogP contribution is -2.81. The Balaban J connectivity index is 1.32. The molecular weight excluding hydrogens is 504 g/mol. The van der Waals surface area contributed by atoms with Crippen molar-refractivity contribution < 1.29 is 24.6 Å². The van der Waals surface area contributed by atoms with E-state index in [1.165, 1.54) is 4.90 Å². The highest BCUT2D eigenvalue weighted by atomic mass is 16.5. The molecule has 39 heavy (non-hydrogen) atoms. The third-order valence-electron chi connectivity index (χ3n) is 9.06. The first-order valence-corrected chi connectivity index (χ1v) is 13.3. The van der Waals surface area contributed by atoms with Crippen LogP contribution >= 0.6 is 0 Å². The van der Waals surface area contributed by atoms with E-state index in [9.17, 15) is 24.6 Å². The van der Waals surface area contributed by atoms with Crippen LogP contribution in [0.1, 0.15) is 61.0 Å². The van der Waals surface area contributed by atoms with Crippen LogP contribution in [0, 0.1) is 10.8 Å². The SMILES string of the molecule is CC1(C)CCCc2cccc(C(=O)NC3CN4C(=N)NC(CN5C(=O)CCC5=O)C5NC(=N)NC54C3(O)O)c21. The maximum atomic E-state index is 13.7. The summed E-state index contributed by atoms with van der Waals surface area (Å²) in [7, 11) is 0. The van der Waals surface area contributed by atoms with E-state index in [1.54, 1.807) is 6.07 Å². The molecule has 1 aromatic carbocycles. The summed E-state index contributed by atoms with van der Waals surface area (Å²) in [6.07, 6.45) is 3.03. The standard InChI is InChI=1S/C26H34N8O5/c1-24(2)10-4-6-13-5-3-7-14(19(13)24)21(37)30-16-12-34-23(28)29-15(11-33-17(35)8-9-18(33)36)20-25(34,26(16,38)39)32-22(27)31-20/h3,5,7,15-16,20,38-39H,4,6,8-12H2,1-2H3,(H2,28,29)(H,30,37)(H3,27,31,32). The lowest BCUT2D eigenvalue weighted by atomic mass is 9.70. The van der Waals surface area contributed by atoms with Crippen molar-refractivity contribution in [2.24, 2.45) is 0 Å². The number of hydrogen-bond acceptors (Lipinski definition) is 7. The number of aryl methyl sites for hydroxylation is 1. The monoisotopic (exact) mass is 538 g/mol. The Morgan fingerprint density at radius 1 is 1.13 bits per heavy atom. The molecule has 4 unspecified atom stereocenters. The Morgan fingerprint density at radius 2 is 1.85 bits per heavy atom. The number of amides is 3. The summed E-state index contributed by atoms with van der Waals surface area (Å²) >= 11 is 0. The van der Waals surface area contributed by atoms with Crippen molar-refractivity contribution >= 4 is 29.6 Å². The minimum absolute atomic E-state index is 0.102. The molecule has 1 aromatic rings. The topological polar surface area (TPSA) is 194 Å². The number of imide groups is 1. The zero-order valence-electron chi connectivity index (χ0n) is 21.9. The molecule has 0 bridgehead atoms. The molecule has 1 aliphatic carbocycles. The fourth-order valence-corrected chi connectivity index (χ4v) is 7.23. The molecule has 5 aliphatic rings. The van der Waals surface area contributed by atoms with Crippen molar-refractivity contribution in [3.63, 3.8) is 0 Å². The van der Waals surface area contributed by atoms with Crippen LogP contribution in [0.5, 0.6) is 0 Å². The minimum atomic E-state index is -2.64. The van der Waals surface area contributed by atoms with Gasteiger partial charge >= 0.3 is 0 Å². The molecule has 3 amide bonds. The summed E-state index contributed by atoms with van der Waals surface area (Å²) in [6.45, 7) is 3.97. The first kappa shape index (κ1) is 25.6. The number of nitrogens with one attached hydrogen (secondary N) is 6. The van der Waals surface area contributed by atoms with Gasteiger partial charge in [0.2, 0.25) is 17.6 Å². The molecule has 13 nitrogen and oxygen atoms in total. The average Bonchev–Trinajstić information content (AvgIpc) is 3.46. The van der Waals surface area contributed by atoms with Crippen molar-refractivity contribution in [1.82, 2.24) is 31.1 Å². The summed E-state index contributed by atoms with van der Waals surface area (Å²) in [6, 6.07) is 2.65. The Bertz CT molecular complexity index is 1300. The molecule has 6 rings (SSSR count). The van der Waals surface area contributed by atoms with Gasteiger partial charge in [-0.1, -0.05) is 26.0 Å². The quantitative estimate of drug-likeness (QED) is 0.169. The zero-order valence-corrected chi connectivity index (χ0v) is 21.9. The Labute approximate surface area is 225 Å². The van der Waals surface area contributed by atoms with E-state index in [0.717, 1.165) is 35.3 Å². The molecule has 0 radical (unpaired) electrons. The Hall–Kier alpha value is -3.71. The predicted molar refractivity (Wildman–Crippen MR) is 139 cm³/mol. The third-order valence-corrected chi connectivity index (χ3v) is 9.06. The molecule has 0 saturated carbocycles. The van der Waals surface area contributed by atoms with Crippen molar-refractivity contribution in [2.45, 2.75) is 80.9 Å². The molecule has 4 heterocycles. The molecule has 1 spiro atoms. The third kappa shape index (κ3) is 3.55. The maximum absolute atomic E-state index is 13.7. The molecule has 0 aromatic heterocycles. The number of rotatable bonds is 4. The van der Waals surface area contributed by atoms with Gasteiger partial charge in [0.25, 0.3) is 5.91 Å². The van der Waals surface area contributed by atoms with Crippen LogP contribution in [0.15, 0.2) is 18.2 Å². The molecule has 4 atom stereocenters. The number of benzene rings is 1. The second-order valence-electron chi connectivity index (χ2n) is 11.8. The van der Waals surface area contributed by atoms with Crippen molar-refractivity contribution in [3.8, 4) is 0 Å². The fraction of sp³-hybridized carbons (Fsp3) is 0.577. The number of hydrogen-bond donors (Lipinski definition) is 8. The average molecular weight is 539 g/mol. The predicted octanol–water partition coefficient (Wildman–Crippen LogP) is -1.36. The molecule has 4 saturated heterocycles. The number of carbonyl (C=O) groups is 3. The van der Waals surface area contributed by atoms with Crippen LogP contribution in [0.2, 0.25) is 0 Å². The van der Waals surface area contributed by atoms with Crippen LogP contribution in [-0.4, -0.2) is 92.3 Å². The van der Waals surface area contributed by atoms with E-state index < -0.39 is 35.5 Å². The van der Waals surface area contributed by atoms with Crippen LogP contribution in [-0.2, 0) is 21.4 Å². The number of likely N-dealkylation sites (tertiary alicyclic amines) is 1. The van der Waals surface area contributed by atoms with Gasteiger partial charge in [-0.05, 0) is 41.9 Å². The van der Waals surface area contributed by atoms with Crippen molar-refractivity contribution in [3.05, 3.63) is 34.9 Å². The van der Waals surface area contributed by atoms with E-state index in [-0.39, 0.29) is 55.1 Å². The summed E-state index contributed by atoms with van der Waals surface area (Å²) < 4.78 is 0. The van der Waals surface area contributed by atoms with Gasteiger partial charge in [0.05, 0.1) is 18.6 Å². The number of guanidine groups is 2. The molecule has 4 aliphatic heterocycles. The Morgan fingerprint density at radius 3 is 2.56 bits per heavy atom. The smallest absolute Gasteiger partial charge is 0.252 e. The number of aliphatic hydroxyl groups is 2. The zero-order chi connectivity index (χ0) is 27.9. The largest absolute Gasteiger partial charge is 0.361 e. The van der Waals surface area contributed by atoms with E-state index in [2.05, 4.69) is 35.1 Å². The van der Waals surface area contributed by atoms with Crippen LogP contribution in [0.25, 0.3) is 0 Å². The van der Waals surface area contributed by atoms with Crippen LogP contribution in [0.4, 0.5) is 0 Å². The first-order chi connectivity index (χ1) is 18.4. The Kier molecular flexibility index (Phi) is 5.50. The summed E-state index contributed by atoms with van der Waals surface area (Å²) in [5.41, 5.74) is 0.517. The summed E-state index contributed by atoms with van der Waals surface area (Å²) in [5.74, 6) is -4.14. The highest BCUT2D eigenvalue weighted by molar-refractivity contribution is 6.02. The van der Waals surface area contributed by atoms with Crippen molar-refractivity contribution in [1.29, 1.82) is 10.8 Å². The molecule has 208 valence electrons. The van der Waals surface area contributed by atoms with E-state index in [1.807, 2.05) is 12.1 Å². The van der Waals surface area contributed by atoms with Gasteiger partial charge in [0, 0.05) is 24.9 Å². The molecular formula is C26H34N8O5. The highest BCUT2D eigenvalue weighted by Gasteiger charge is 2.74. The fourth-order valence-electron chi connectivity index (χ4n) is 7.23. The number of fused-ring (bicyclic) bond motifs is 1. The minimum Gasteiger partial charge on any atom is -0.361 e. The highest BCUT2D eigenvalue weighted by Crippen LogP contribution is 2.44. The lowest BCUT2D eigenvalue weighted by Gasteiger charge is -2.51. The summed E-state index contributed by atoms with van der Waals surface area (Å²) in [4.78, 5) is 40.7. The van der Waals surface area contributed by atoms with Crippen molar-refractivity contribution in [2.75, 3.05) is 13.1 Å². The van der Waals surface area contributed by atoms with E-state index >= 15 is 0 Å². The maximum Gasteiger partial charge on any atom is 0.252 e. The van der Waals surface area contributed by atoms with Gasteiger partial charge in [0.15, 0.2) is 17.6 Å². The second kappa shape index (κ2) is 8.39. The second-order valence-corrected chi connectivity index (χ2v) is 11.8. The van der Waals surface area contributed by atoms with Gasteiger partial charge < -0.3 is 36.4 Å². The van der Waals surface area contributed by atoms with E-state index in [4.69, 9.17) is 10.8 Å². The normalized spacial score (nSPS) is 32.2.